The fraction of sp³-hybridized carbons (Fsp3) is 0.353. The first-order chi connectivity index (χ1) is 10.7. The number of nitrogens with one attached hydrogen (secondary N) is 1. The van der Waals surface area contributed by atoms with Gasteiger partial charge in [-0.1, -0.05) is 35.9 Å². The van der Waals surface area contributed by atoms with Crippen molar-refractivity contribution in [3.05, 3.63) is 57.2 Å². The van der Waals surface area contributed by atoms with Crippen LogP contribution < -0.4 is 5.32 Å². The predicted molar refractivity (Wildman–Crippen MR) is 91.2 cm³/mol. The lowest BCUT2D eigenvalue weighted by atomic mass is 10.2. The molecule has 1 atom stereocenters. The molecule has 0 radical (unpaired) electrons. The summed E-state index contributed by atoms with van der Waals surface area (Å²) in [5.74, 6) is 0.0587. The molecule has 1 aliphatic heterocycles. The number of hydrogen-bond acceptors (Lipinski definition) is 3. The van der Waals surface area contributed by atoms with E-state index in [2.05, 4.69) is 27.7 Å². The van der Waals surface area contributed by atoms with Crippen LogP contribution in [0.1, 0.15) is 29.3 Å². The highest BCUT2D eigenvalue weighted by atomic mass is 35.5. The monoisotopic (exact) mass is 334 g/mol. The highest BCUT2D eigenvalue weighted by Gasteiger charge is 2.28. The van der Waals surface area contributed by atoms with E-state index in [-0.39, 0.29) is 5.91 Å². The first kappa shape index (κ1) is 15.5. The molecule has 2 aromatic rings. The number of nitrogens with zero attached hydrogens (tertiary/aromatic N) is 1. The van der Waals surface area contributed by atoms with Gasteiger partial charge in [0, 0.05) is 22.5 Å². The predicted octanol–water partition coefficient (Wildman–Crippen LogP) is 3.85. The van der Waals surface area contributed by atoms with E-state index in [0.29, 0.717) is 24.2 Å². The number of thiophene rings is 1. The molecule has 0 saturated carbocycles. The minimum absolute atomic E-state index is 0.0587. The molecule has 2 heterocycles. The molecule has 22 heavy (non-hydrogen) atoms. The molecular weight excluding hydrogens is 316 g/mol. The normalized spacial score (nSPS) is 18.5. The summed E-state index contributed by atoms with van der Waals surface area (Å²) in [6, 6.07) is 12.2. The SMILES string of the molecule is O=C(CN1CCC[C@H]1c1cccs1)NCc1ccccc1Cl. The van der Waals surface area contributed by atoms with Gasteiger partial charge in [-0.05, 0) is 42.5 Å². The Morgan fingerprint density at radius 1 is 1.32 bits per heavy atom. The van der Waals surface area contributed by atoms with Crippen molar-refractivity contribution >= 4 is 28.8 Å². The lowest BCUT2D eigenvalue weighted by molar-refractivity contribution is -0.122. The van der Waals surface area contributed by atoms with Gasteiger partial charge in [0.15, 0.2) is 0 Å². The van der Waals surface area contributed by atoms with Crippen molar-refractivity contribution in [2.24, 2.45) is 0 Å². The maximum Gasteiger partial charge on any atom is 0.234 e. The highest BCUT2D eigenvalue weighted by Crippen LogP contribution is 2.33. The largest absolute Gasteiger partial charge is 0.351 e. The number of carbonyl (C=O) groups is 1. The second-order valence-corrected chi connectivity index (χ2v) is 6.90. The number of hydrogen-bond donors (Lipinski definition) is 1. The molecule has 1 N–H and O–H groups in total. The van der Waals surface area contributed by atoms with E-state index in [1.807, 2.05) is 24.3 Å². The first-order valence-corrected chi connectivity index (χ1v) is 8.77. The van der Waals surface area contributed by atoms with Crippen LogP contribution in [0.4, 0.5) is 0 Å². The van der Waals surface area contributed by atoms with Crippen LogP contribution in [0.25, 0.3) is 0 Å². The quantitative estimate of drug-likeness (QED) is 0.900. The maximum absolute atomic E-state index is 12.2. The number of halogens is 1. The minimum atomic E-state index is 0.0587. The van der Waals surface area contributed by atoms with Gasteiger partial charge >= 0.3 is 0 Å². The summed E-state index contributed by atoms with van der Waals surface area (Å²) >= 11 is 7.88. The zero-order valence-electron chi connectivity index (χ0n) is 12.3. The fourth-order valence-electron chi connectivity index (χ4n) is 2.89. The van der Waals surface area contributed by atoms with E-state index in [0.717, 1.165) is 24.9 Å². The number of carbonyl (C=O) groups excluding carboxylic acids is 1. The highest BCUT2D eigenvalue weighted by molar-refractivity contribution is 7.10. The molecule has 1 aromatic heterocycles. The Morgan fingerprint density at radius 2 is 2.18 bits per heavy atom. The van der Waals surface area contributed by atoms with E-state index in [4.69, 9.17) is 11.6 Å². The van der Waals surface area contributed by atoms with Crippen LogP contribution in [0.3, 0.4) is 0 Å². The van der Waals surface area contributed by atoms with E-state index in [1.165, 1.54) is 4.88 Å². The summed E-state index contributed by atoms with van der Waals surface area (Å²) in [6.45, 7) is 1.92. The average molecular weight is 335 g/mol. The zero-order valence-corrected chi connectivity index (χ0v) is 13.9. The van der Waals surface area contributed by atoms with E-state index in [9.17, 15) is 4.79 Å². The molecule has 0 aliphatic carbocycles. The number of rotatable bonds is 5. The van der Waals surface area contributed by atoms with E-state index >= 15 is 0 Å². The van der Waals surface area contributed by atoms with Crippen LogP contribution in [-0.4, -0.2) is 23.9 Å². The van der Waals surface area contributed by atoms with Crippen molar-refractivity contribution in [1.29, 1.82) is 0 Å². The molecule has 1 amide bonds. The molecule has 5 heteroatoms. The minimum Gasteiger partial charge on any atom is -0.351 e. The molecule has 116 valence electrons. The molecule has 0 spiro atoms. The van der Waals surface area contributed by atoms with Crippen molar-refractivity contribution in [1.82, 2.24) is 10.2 Å². The summed E-state index contributed by atoms with van der Waals surface area (Å²) in [5.41, 5.74) is 0.953. The summed E-state index contributed by atoms with van der Waals surface area (Å²) in [7, 11) is 0. The standard InChI is InChI=1S/C17H19ClN2OS/c18-14-6-2-1-5-13(14)11-19-17(21)12-20-9-3-7-15(20)16-8-4-10-22-16/h1-2,4-6,8,10,15H,3,7,9,11-12H2,(H,19,21)/t15-/m0/s1. The number of amides is 1. The maximum atomic E-state index is 12.2. The van der Waals surface area contributed by atoms with E-state index < -0.39 is 0 Å². The molecule has 1 aromatic carbocycles. The Balaban J connectivity index is 1.54. The van der Waals surface area contributed by atoms with Gasteiger partial charge in [0.1, 0.15) is 0 Å². The van der Waals surface area contributed by atoms with Crippen LogP contribution in [0.2, 0.25) is 5.02 Å². The van der Waals surface area contributed by atoms with Crippen molar-refractivity contribution < 1.29 is 4.79 Å². The Bertz CT molecular complexity index is 629. The van der Waals surface area contributed by atoms with Gasteiger partial charge in [0.05, 0.1) is 6.54 Å². The summed E-state index contributed by atoms with van der Waals surface area (Å²) < 4.78 is 0. The molecule has 0 unspecified atom stereocenters. The summed E-state index contributed by atoms with van der Waals surface area (Å²) in [6.07, 6.45) is 2.29. The van der Waals surface area contributed by atoms with Gasteiger partial charge < -0.3 is 5.32 Å². The zero-order chi connectivity index (χ0) is 15.4. The Kier molecular flexibility index (Phi) is 5.13. The van der Waals surface area contributed by atoms with Gasteiger partial charge in [-0.3, -0.25) is 9.69 Å². The second kappa shape index (κ2) is 7.27. The van der Waals surface area contributed by atoms with Crippen molar-refractivity contribution in [2.75, 3.05) is 13.1 Å². The molecule has 1 aliphatic rings. The Morgan fingerprint density at radius 3 is 2.95 bits per heavy atom. The lowest BCUT2D eigenvalue weighted by Gasteiger charge is -2.22. The number of benzene rings is 1. The van der Waals surface area contributed by atoms with Gasteiger partial charge in [-0.2, -0.15) is 0 Å². The lowest BCUT2D eigenvalue weighted by Crippen LogP contribution is -2.36. The smallest absolute Gasteiger partial charge is 0.234 e. The molecule has 3 nitrogen and oxygen atoms in total. The van der Waals surface area contributed by atoms with Gasteiger partial charge in [0.2, 0.25) is 5.91 Å². The summed E-state index contributed by atoms with van der Waals surface area (Å²) in [5, 5.41) is 5.77. The first-order valence-electron chi connectivity index (χ1n) is 7.51. The van der Waals surface area contributed by atoms with Gasteiger partial charge in [0.25, 0.3) is 0 Å². The van der Waals surface area contributed by atoms with Gasteiger partial charge in [-0.25, -0.2) is 0 Å². The topological polar surface area (TPSA) is 32.3 Å². The molecule has 0 bridgehead atoms. The average Bonchev–Trinajstić information content (AvgIpc) is 3.17. The van der Waals surface area contributed by atoms with Gasteiger partial charge in [-0.15, -0.1) is 11.3 Å². The van der Waals surface area contributed by atoms with Crippen molar-refractivity contribution in [2.45, 2.75) is 25.4 Å². The van der Waals surface area contributed by atoms with Crippen LogP contribution in [0.15, 0.2) is 41.8 Å². The summed E-state index contributed by atoms with van der Waals surface area (Å²) in [4.78, 5) is 15.8. The third kappa shape index (κ3) is 3.69. The third-order valence-corrected chi connectivity index (χ3v) is 5.36. The second-order valence-electron chi connectivity index (χ2n) is 5.51. The van der Waals surface area contributed by atoms with Crippen LogP contribution in [-0.2, 0) is 11.3 Å². The fourth-order valence-corrected chi connectivity index (χ4v) is 3.99. The van der Waals surface area contributed by atoms with Crippen molar-refractivity contribution in [3.63, 3.8) is 0 Å². The van der Waals surface area contributed by atoms with Crippen LogP contribution in [0.5, 0.6) is 0 Å². The van der Waals surface area contributed by atoms with Crippen LogP contribution >= 0.6 is 22.9 Å². The molecule has 1 saturated heterocycles. The molecule has 1 fully saturated rings. The van der Waals surface area contributed by atoms with E-state index in [1.54, 1.807) is 11.3 Å². The third-order valence-electron chi connectivity index (χ3n) is 4.02. The van der Waals surface area contributed by atoms with Crippen molar-refractivity contribution in [3.8, 4) is 0 Å². The van der Waals surface area contributed by atoms with Crippen LogP contribution in [0, 0.1) is 0 Å². The molecule has 3 rings (SSSR count). The molecular formula is C17H19ClN2OS. The Hall–Kier alpha value is -1.36. The Labute approximate surface area is 139 Å². The number of likely N-dealkylation sites (tertiary alicyclic amines) is 1.